The lowest BCUT2D eigenvalue weighted by atomic mass is 10.0. The van der Waals surface area contributed by atoms with Crippen LogP contribution in [0.4, 0.5) is 0 Å². The molecule has 9 heteroatoms. The van der Waals surface area contributed by atoms with E-state index in [-0.39, 0.29) is 11.4 Å². The third-order valence-electron chi connectivity index (χ3n) is 3.50. The second-order valence-electron chi connectivity index (χ2n) is 5.29. The normalized spacial score (nSPS) is 10.2. The fourth-order valence-corrected chi connectivity index (χ4v) is 2.44. The summed E-state index contributed by atoms with van der Waals surface area (Å²) < 4.78 is 5.26. The van der Waals surface area contributed by atoms with E-state index in [1.165, 1.54) is 16.0 Å². The number of aliphatic carboxylic acids is 1. The Kier molecular flexibility index (Phi) is 5.51. The van der Waals surface area contributed by atoms with Gasteiger partial charge in [-0.1, -0.05) is 17.7 Å². The van der Waals surface area contributed by atoms with Crippen LogP contribution in [0.1, 0.15) is 16.1 Å². The lowest BCUT2D eigenvalue weighted by molar-refractivity contribution is -0.136. The zero-order chi connectivity index (χ0) is 17.9. The van der Waals surface area contributed by atoms with E-state index in [2.05, 4.69) is 4.98 Å². The number of halogens is 1. The van der Waals surface area contributed by atoms with Gasteiger partial charge in [0.2, 0.25) is 7.98 Å². The van der Waals surface area contributed by atoms with Crippen molar-refractivity contribution >= 4 is 39.5 Å². The predicted molar refractivity (Wildman–Crippen MR) is 95.8 cm³/mol. The van der Waals surface area contributed by atoms with E-state index in [1.54, 1.807) is 18.3 Å². The molecule has 0 aliphatic heterocycles. The number of hydrogen-bond acceptors (Lipinski definition) is 4. The monoisotopic (exact) mass is 344 g/mol. The lowest BCUT2D eigenvalue weighted by Gasteiger charge is -2.17. The standard InChI is InChI=1S/C15H15B2ClN2O4/c1-8-2-3-10(18)5-11(8)9-4-12(24-17)14(19-6-9)15(23)20(16)7-13(21)22/h2-6H,7,16-17H2,1H3,(H,21,22). The van der Waals surface area contributed by atoms with Crippen molar-refractivity contribution in [3.05, 3.63) is 46.7 Å². The molecule has 0 spiro atoms. The maximum absolute atomic E-state index is 12.3. The second kappa shape index (κ2) is 7.40. The van der Waals surface area contributed by atoms with E-state index >= 15 is 0 Å². The Hall–Kier alpha value is -2.47. The summed E-state index contributed by atoms with van der Waals surface area (Å²) in [6.45, 7) is 1.52. The van der Waals surface area contributed by atoms with Gasteiger partial charge in [-0.15, -0.1) is 0 Å². The molecule has 122 valence electrons. The van der Waals surface area contributed by atoms with Gasteiger partial charge < -0.3 is 14.6 Å². The molecule has 0 unspecified atom stereocenters. The molecule has 0 saturated carbocycles. The number of rotatable bonds is 5. The van der Waals surface area contributed by atoms with Gasteiger partial charge in [-0.25, -0.2) is 4.98 Å². The van der Waals surface area contributed by atoms with Crippen LogP contribution in [0.2, 0.25) is 5.02 Å². The van der Waals surface area contributed by atoms with Crippen molar-refractivity contribution in [1.29, 1.82) is 0 Å². The van der Waals surface area contributed by atoms with Crippen molar-refractivity contribution < 1.29 is 19.3 Å². The Balaban J connectivity index is 2.42. The van der Waals surface area contributed by atoms with Crippen molar-refractivity contribution in [2.45, 2.75) is 6.92 Å². The molecule has 0 bridgehead atoms. The number of aromatic nitrogens is 1. The first-order chi connectivity index (χ1) is 11.3. The van der Waals surface area contributed by atoms with Gasteiger partial charge in [0.25, 0.3) is 5.91 Å². The van der Waals surface area contributed by atoms with E-state index in [9.17, 15) is 9.59 Å². The second-order valence-corrected chi connectivity index (χ2v) is 5.73. The third-order valence-corrected chi connectivity index (χ3v) is 3.74. The molecule has 0 aliphatic carbocycles. The molecule has 0 atom stereocenters. The molecule has 0 fully saturated rings. The summed E-state index contributed by atoms with van der Waals surface area (Å²) in [4.78, 5) is 28.3. The van der Waals surface area contributed by atoms with Crippen LogP contribution in [0.5, 0.6) is 5.75 Å². The minimum atomic E-state index is -1.10. The van der Waals surface area contributed by atoms with Gasteiger partial charge in [0.05, 0.1) is 0 Å². The van der Waals surface area contributed by atoms with Crippen LogP contribution in [0.15, 0.2) is 30.5 Å². The number of aryl methyl sites for hydroxylation is 1. The van der Waals surface area contributed by atoms with Crippen LogP contribution in [-0.2, 0) is 4.79 Å². The molecule has 0 radical (unpaired) electrons. The lowest BCUT2D eigenvalue weighted by Crippen LogP contribution is -2.34. The summed E-state index contributed by atoms with van der Waals surface area (Å²) in [5.74, 6) is -1.35. The largest absolute Gasteiger partial charge is 0.566 e. The Bertz CT molecular complexity index is 801. The van der Waals surface area contributed by atoms with Crippen molar-refractivity contribution in [2.24, 2.45) is 0 Å². The Morgan fingerprint density at radius 2 is 2.08 bits per heavy atom. The molecule has 2 aromatic rings. The van der Waals surface area contributed by atoms with E-state index in [1.807, 2.05) is 19.1 Å². The fourth-order valence-electron chi connectivity index (χ4n) is 2.27. The predicted octanol–water partition coefficient (Wildman–Crippen LogP) is 0.712. The molecule has 1 N–H and O–H groups in total. The molecular formula is C15H15B2ClN2O4. The van der Waals surface area contributed by atoms with Crippen LogP contribution >= 0.6 is 11.6 Å². The number of carboxylic acid groups (broad SMARTS) is 1. The average molecular weight is 344 g/mol. The van der Waals surface area contributed by atoms with Crippen LogP contribution in [-0.4, -0.2) is 49.4 Å². The number of carbonyl (C=O) groups is 2. The number of amides is 1. The van der Waals surface area contributed by atoms with Crippen molar-refractivity contribution in [1.82, 2.24) is 9.79 Å². The van der Waals surface area contributed by atoms with E-state index in [4.69, 9.17) is 21.4 Å². The summed E-state index contributed by atoms with van der Waals surface area (Å²) in [6.07, 6.45) is 1.54. The topological polar surface area (TPSA) is 79.7 Å². The summed E-state index contributed by atoms with van der Waals surface area (Å²) in [5.41, 5.74) is 2.70. The Labute approximate surface area is 146 Å². The molecule has 6 nitrogen and oxygen atoms in total. The Morgan fingerprint density at radius 1 is 1.38 bits per heavy atom. The quantitative estimate of drug-likeness (QED) is 0.808. The summed E-state index contributed by atoms with van der Waals surface area (Å²) in [6, 6.07) is 7.19. The van der Waals surface area contributed by atoms with E-state index < -0.39 is 18.4 Å². The molecule has 1 aromatic carbocycles. The molecule has 1 amide bonds. The van der Waals surface area contributed by atoms with Gasteiger partial charge in [-0.3, -0.25) is 9.59 Å². The third kappa shape index (κ3) is 3.89. The first-order valence-corrected chi connectivity index (χ1v) is 7.49. The van der Waals surface area contributed by atoms with Crippen LogP contribution in [0, 0.1) is 6.92 Å². The minimum absolute atomic E-state index is 0.0599. The van der Waals surface area contributed by atoms with Crippen LogP contribution < -0.4 is 4.65 Å². The van der Waals surface area contributed by atoms with Crippen molar-refractivity contribution in [2.75, 3.05) is 6.54 Å². The van der Waals surface area contributed by atoms with Gasteiger partial charge in [-0.2, -0.15) is 0 Å². The highest BCUT2D eigenvalue weighted by molar-refractivity contribution is 6.30. The molecular weight excluding hydrogens is 329 g/mol. The SMILES string of the molecule is BOc1cc(-c2cc(Cl)ccc2C)cnc1C(=O)N(B)CC(=O)O. The fraction of sp³-hybridized carbons (Fsp3) is 0.133. The number of carboxylic acids is 1. The highest BCUT2D eigenvalue weighted by atomic mass is 35.5. The highest BCUT2D eigenvalue weighted by Gasteiger charge is 2.20. The summed E-state index contributed by atoms with van der Waals surface area (Å²) >= 11 is 6.04. The molecule has 2 rings (SSSR count). The molecule has 0 saturated heterocycles. The molecule has 1 heterocycles. The van der Waals surface area contributed by atoms with Crippen molar-refractivity contribution in [3.63, 3.8) is 0 Å². The molecule has 0 aliphatic rings. The first kappa shape index (κ1) is 17.9. The first-order valence-electron chi connectivity index (χ1n) is 7.11. The number of benzene rings is 1. The van der Waals surface area contributed by atoms with Gasteiger partial charge in [0, 0.05) is 16.8 Å². The molecule has 24 heavy (non-hydrogen) atoms. The number of pyridine rings is 1. The number of hydrogen-bond donors (Lipinski definition) is 1. The van der Waals surface area contributed by atoms with Gasteiger partial charge >= 0.3 is 14.0 Å². The zero-order valence-corrected chi connectivity index (χ0v) is 14.3. The van der Waals surface area contributed by atoms with E-state index in [0.717, 1.165) is 21.5 Å². The number of carbonyl (C=O) groups excluding carboxylic acids is 1. The van der Waals surface area contributed by atoms with Crippen LogP contribution in [0.25, 0.3) is 11.1 Å². The summed E-state index contributed by atoms with van der Waals surface area (Å²) in [7, 11) is 2.83. The van der Waals surface area contributed by atoms with Gasteiger partial charge in [0.1, 0.15) is 12.3 Å². The van der Waals surface area contributed by atoms with Crippen molar-refractivity contribution in [3.8, 4) is 16.9 Å². The average Bonchev–Trinajstić information content (AvgIpc) is 2.55. The minimum Gasteiger partial charge on any atom is -0.566 e. The van der Waals surface area contributed by atoms with E-state index in [0.29, 0.717) is 5.02 Å². The Morgan fingerprint density at radius 3 is 2.71 bits per heavy atom. The maximum atomic E-state index is 12.3. The highest BCUT2D eigenvalue weighted by Crippen LogP contribution is 2.30. The maximum Gasteiger partial charge on any atom is 0.322 e. The zero-order valence-electron chi connectivity index (χ0n) is 13.5. The van der Waals surface area contributed by atoms with Gasteiger partial charge in [0.15, 0.2) is 5.69 Å². The smallest absolute Gasteiger partial charge is 0.322 e. The van der Waals surface area contributed by atoms with Gasteiger partial charge in [-0.05, 0) is 36.2 Å². The molecule has 1 aromatic heterocycles. The number of nitrogens with zero attached hydrogens (tertiary/aromatic N) is 2. The summed E-state index contributed by atoms with van der Waals surface area (Å²) in [5, 5.41) is 9.39. The van der Waals surface area contributed by atoms with Crippen LogP contribution in [0.3, 0.4) is 0 Å².